The number of rotatable bonds is 3. The van der Waals surface area contributed by atoms with Crippen molar-refractivity contribution in [1.29, 1.82) is 0 Å². The molecule has 1 atom stereocenters. The van der Waals surface area contributed by atoms with E-state index in [1.807, 2.05) is 25.1 Å². The zero-order valence-corrected chi connectivity index (χ0v) is 12.4. The third-order valence-corrected chi connectivity index (χ3v) is 3.63. The van der Waals surface area contributed by atoms with Gasteiger partial charge >= 0.3 is 0 Å². The largest absolute Gasteiger partial charge is 0.326 e. The number of carbonyl (C=O) groups excluding carboxylic acids is 1. The summed E-state index contributed by atoms with van der Waals surface area (Å²) in [5.74, 6) is -0.0190. The fraction of sp³-hybridized carbons (Fsp3) is 0.462. The molecule has 1 unspecified atom stereocenters. The fourth-order valence-electron chi connectivity index (χ4n) is 2.14. The molecule has 0 aliphatic carbocycles. The second-order valence-corrected chi connectivity index (χ2v) is 5.15. The second-order valence-electron chi connectivity index (χ2n) is 4.74. The van der Waals surface area contributed by atoms with E-state index in [9.17, 15) is 4.79 Å². The molecule has 0 spiro atoms. The van der Waals surface area contributed by atoms with Crippen LogP contribution < -0.4 is 11.1 Å². The highest BCUT2D eigenvalue weighted by Gasteiger charge is 2.21. The minimum atomic E-state index is -0.0190. The molecular weight excluding hydrogens is 285 g/mol. The van der Waals surface area contributed by atoms with Crippen molar-refractivity contribution < 1.29 is 4.79 Å². The average Bonchev–Trinajstić information content (AvgIpc) is 2.70. The first-order valence-electron chi connectivity index (χ1n) is 6.09. The lowest BCUT2D eigenvalue weighted by molar-refractivity contribution is -0.117. The molecule has 19 heavy (non-hydrogen) atoms. The van der Waals surface area contributed by atoms with Crippen LogP contribution >= 0.6 is 24.0 Å². The van der Waals surface area contributed by atoms with Crippen molar-refractivity contribution in [3.8, 4) is 0 Å². The van der Waals surface area contributed by atoms with E-state index in [0.29, 0.717) is 11.6 Å². The molecule has 1 aromatic rings. The van der Waals surface area contributed by atoms with E-state index in [-0.39, 0.29) is 24.4 Å². The van der Waals surface area contributed by atoms with E-state index < -0.39 is 0 Å². The highest BCUT2D eigenvalue weighted by molar-refractivity contribution is 6.31. The van der Waals surface area contributed by atoms with Gasteiger partial charge in [-0.05, 0) is 31.0 Å². The Morgan fingerprint density at radius 1 is 1.58 bits per heavy atom. The number of hydrogen-bond donors (Lipinski definition) is 2. The number of nitrogens with zero attached hydrogens (tertiary/aromatic N) is 1. The molecule has 0 aromatic heterocycles. The highest BCUT2D eigenvalue weighted by Crippen LogP contribution is 2.22. The van der Waals surface area contributed by atoms with Gasteiger partial charge in [0.05, 0.1) is 6.54 Å². The number of nitrogens with two attached hydrogens (primary N) is 1. The lowest BCUT2D eigenvalue weighted by atomic mass is 10.2. The summed E-state index contributed by atoms with van der Waals surface area (Å²) in [6.07, 6.45) is 0.962. The third-order valence-electron chi connectivity index (χ3n) is 3.22. The predicted octanol–water partition coefficient (Wildman–Crippen LogP) is 2.04. The molecule has 1 saturated heterocycles. The molecule has 1 heterocycles. The van der Waals surface area contributed by atoms with Crippen LogP contribution in [0.15, 0.2) is 18.2 Å². The smallest absolute Gasteiger partial charge is 0.238 e. The Labute approximate surface area is 124 Å². The first-order chi connectivity index (χ1) is 8.56. The van der Waals surface area contributed by atoms with Crippen molar-refractivity contribution in [2.75, 3.05) is 25.0 Å². The van der Waals surface area contributed by atoms with Gasteiger partial charge in [-0.2, -0.15) is 0 Å². The third kappa shape index (κ3) is 4.35. The minimum absolute atomic E-state index is 0. The monoisotopic (exact) mass is 303 g/mol. The molecule has 1 fully saturated rings. The SMILES string of the molecule is Cc1c(Cl)cccc1NC(=O)CN1CCC(N)C1.Cl. The van der Waals surface area contributed by atoms with Gasteiger partial charge in [0.1, 0.15) is 0 Å². The first kappa shape index (κ1) is 16.2. The maximum absolute atomic E-state index is 11.9. The van der Waals surface area contributed by atoms with Gasteiger partial charge in [-0.3, -0.25) is 9.69 Å². The molecule has 0 saturated carbocycles. The van der Waals surface area contributed by atoms with Gasteiger partial charge in [0.15, 0.2) is 0 Å². The molecule has 4 nitrogen and oxygen atoms in total. The summed E-state index contributed by atoms with van der Waals surface area (Å²) >= 11 is 6.01. The van der Waals surface area contributed by atoms with Crippen molar-refractivity contribution in [3.63, 3.8) is 0 Å². The number of halogens is 2. The predicted molar refractivity (Wildman–Crippen MR) is 81.1 cm³/mol. The van der Waals surface area contributed by atoms with Crippen molar-refractivity contribution in [2.45, 2.75) is 19.4 Å². The molecule has 2 rings (SSSR count). The Morgan fingerprint density at radius 3 is 2.95 bits per heavy atom. The molecule has 0 radical (unpaired) electrons. The van der Waals surface area contributed by atoms with Crippen LogP contribution in [0, 0.1) is 6.92 Å². The van der Waals surface area contributed by atoms with Gasteiger partial charge in [0, 0.05) is 29.8 Å². The number of likely N-dealkylation sites (tertiary alicyclic amines) is 1. The molecule has 1 aromatic carbocycles. The van der Waals surface area contributed by atoms with Crippen LogP contribution in [0.25, 0.3) is 0 Å². The van der Waals surface area contributed by atoms with E-state index in [2.05, 4.69) is 10.2 Å². The number of carbonyl (C=O) groups is 1. The highest BCUT2D eigenvalue weighted by atomic mass is 35.5. The van der Waals surface area contributed by atoms with Gasteiger partial charge in [0.25, 0.3) is 0 Å². The molecule has 3 N–H and O–H groups in total. The standard InChI is InChI=1S/C13H18ClN3O.ClH/c1-9-11(14)3-2-4-12(9)16-13(18)8-17-6-5-10(15)7-17;/h2-4,10H,5-8,15H2,1H3,(H,16,18);1H. The fourth-order valence-corrected chi connectivity index (χ4v) is 2.32. The molecule has 1 amide bonds. The van der Waals surface area contributed by atoms with Crippen molar-refractivity contribution in [1.82, 2.24) is 4.90 Å². The van der Waals surface area contributed by atoms with Crippen LogP contribution in [-0.2, 0) is 4.79 Å². The summed E-state index contributed by atoms with van der Waals surface area (Å²) in [5, 5.41) is 3.55. The Hall–Kier alpha value is -0.810. The van der Waals surface area contributed by atoms with Crippen LogP contribution in [0.1, 0.15) is 12.0 Å². The Balaban J connectivity index is 0.00000180. The summed E-state index contributed by atoms with van der Waals surface area (Å²) in [6, 6.07) is 5.70. The lowest BCUT2D eigenvalue weighted by Crippen LogP contribution is -2.33. The topological polar surface area (TPSA) is 58.4 Å². The van der Waals surface area contributed by atoms with E-state index in [4.69, 9.17) is 17.3 Å². The van der Waals surface area contributed by atoms with E-state index in [0.717, 1.165) is 30.8 Å². The van der Waals surface area contributed by atoms with Gasteiger partial charge in [-0.1, -0.05) is 17.7 Å². The number of anilines is 1. The summed E-state index contributed by atoms with van der Waals surface area (Å²) < 4.78 is 0. The van der Waals surface area contributed by atoms with Crippen LogP contribution in [0.5, 0.6) is 0 Å². The van der Waals surface area contributed by atoms with E-state index >= 15 is 0 Å². The van der Waals surface area contributed by atoms with Crippen molar-refractivity contribution >= 4 is 35.6 Å². The Bertz CT molecular complexity index is 454. The average molecular weight is 304 g/mol. The molecule has 0 bridgehead atoms. The summed E-state index contributed by atoms with van der Waals surface area (Å²) in [5.41, 5.74) is 7.47. The molecule has 1 aliphatic rings. The minimum Gasteiger partial charge on any atom is -0.326 e. The lowest BCUT2D eigenvalue weighted by Gasteiger charge is -2.15. The van der Waals surface area contributed by atoms with Crippen LogP contribution in [-0.4, -0.2) is 36.5 Å². The van der Waals surface area contributed by atoms with Gasteiger partial charge in [-0.15, -0.1) is 12.4 Å². The van der Waals surface area contributed by atoms with Crippen molar-refractivity contribution in [3.05, 3.63) is 28.8 Å². The zero-order valence-electron chi connectivity index (χ0n) is 10.9. The first-order valence-corrected chi connectivity index (χ1v) is 6.47. The summed E-state index contributed by atoms with van der Waals surface area (Å²) in [7, 11) is 0. The van der Waals surface area contributed by atoms with Crippen LogP contribution in [0.2, 0.25) is 5.02 Å². The van der Waals surface area contributed by atoms with Crippen molar-refractivity contribution in [2.24, 2.45) is 5.73 Å². The molecule has 6 heteroatoms. The maximum atomic E-state index is 11.9. The van der Waals surface area contributed by atoms with Crippen LogP contribution in [0.4, 0.5) is 5.69 Å². The molecule has 1 aliphatic heterocycles. The summed E-state index contributed by atoms with van der Waals surface area (Å²) in [6.45, 7) is 3.97. The maximum Gasteiger partial charge on any atom is 0.238 e. The second kappa shape index (κ2) is 7.10. The van der Waals surface area contributed by atoms with Gasteiger partial charge in [-0.25, -0.2) is 0 Å². The summed E-state index contributed by atoms with van der Waals surface area (Å²) in [4.78, 5) is 14.0. The zero-order chi connectivity index (χ0) is 13.1. The number of amides is 1. The van der Waals surface area contributed by atoms with Gasteiger partial charge < -0.3 is 11.1 Å². The number of benzene rings is 1. The molecule has 106 valence electrons. The van der Waals surface area contributed by atoms with Crippen LogP contribution in [0.3, 0.4) is 0 Å². The normalized spacial score (nSPS) is 19.0. The quantitative estimate of drug-likeness (QED) is 0.898. The Morgan fingerprint density at radius 2 is 2.32 bits per heavy atom. The Kier molecular flexibility index (Phi) is 6.07. The van der Waals surface area contributed by atoms with E-state index in [1.165, 1.54) is 0 Å². The molecular formula is C13H19Cl2N3O. The van der Waals surface area contributed by atoms with E-state index in [1.54, 1.807) is 0 Å². The number of nitrogens with one attached hydrogen (secondary N) is 1. The van der Waals surface area contributed by atoms with Gasteiger partial charge in [0.2, 0.25) is 5.91 Å². The number of hydrogen-bond acceptors (Lipinski definition) is 3.